The second-order valence-corrected chi connectivity index (χ2v) is 5.60. The summed E-state index contributed by atoms with van der Waals surface area (Å²) in [4.78, 5) is 2.38. The molecule has 22 heavy (non-hydrogen) atoms. The summed E-state index contributed by atoms with van der Waals surface area (Å²) < 4.78 is 6.13. The van der Waals surface area contributed by atoms with Crippen LogP contribution >= 0.6 is 0 Å². The Hall–Kier alpha value is -1.80. The van der Waals surface area contributed by atoms with Gasteiger partial charge in [-0.15, -0.1) is 0 Å². The van der Waals surface area contributed by atoms with Gasteiger partial charge in [0.2, 0.25) is 0 Å². The van der Waals surface area contributed by atoms with Gasteiger partial charge in [-0.1, -0.05) is 62.4 Å². The van der Waals surface area contributed by atoms with Gasteiger partial charge in [0, 0.05) is 13.0 Å². The highest BCUT2D eigenvalue weighted by Gasteiger charge is 2.08. The van der Waals surface area contributed by atoms with Gasteiger partial charge in [0.05, 0.1) is 0 Å². The Morgan fingerprint density at radius 3 is 2.32 bits per heavy atom. The average Bonchev–Trinajstić information content (AvgIpc) is 2.55. The highest BCUT2D eigenvalue weighted by Crippen LogP contribution is 2.25. The summed E-state index contributed by atoms with van der Waals surface area (Å²) in [5, 5.41) is 0. The van der Waals surface area contributed by atoms with E-state index in [1.54, 1.807) is 0 Å². The van der Waals surface area contributed by atoms with Crippen molar-refractivity contribution in [3.05, 3.63) is 65.2 Å². The third-order valence-corrected chi connectivity index (χ3v) is 4.08. The molecule has 2 heteroatoms. The molecule has 2 aromatic carbocycles. The van der Waals surface area contributed by atoms with Crippen LogP contribution in [-0.2, 0) is 6.42 Å². The Balaban J connectivity index is 2.06. The lowest BCUT2D eigenvalue weighted by molar-refractivity contribution is 0.221. The normalized spacial score (nSPS) is 10.9. The maximum atomic E-state index is 6.13. The molecule has 0 N–H and O–H groups in total. The van der Waals surface area contributed by atoms with E-state index in [1.807, 2.05) is 0 Å². The third kappa shape index (κ3) is 4.60. The van der Waals surface area contributed by atoms with E-state index in [2.05, 4.69) is 74.2 Å². The molecule has 2 rings (SSSR count). The zero-order valence-corrected chi connectivity index (χ0v) is 14.0. The first kappa shape index (κ1) is 16.6. The van der Waals surface area contributed by atoms with Crippen LogP contribution in [-0.4, -0.2) is 31.1 Å². The SMILES string of the molecule is CCN(CC)CCOc1c(C)cccc1Cc1ccccc1. The van der Waals surface area contributed by atoms with Gasteiger partial charge in [0.25, 0.3) is 0 Å². The molecule has 0 bridgehead atoms. The molecule has 2 aromatic rings. The monoisotopic (exact) mass is 297 g/mol. The summed E-state index contributed by atoms with van der Waals surface area (Å²) in [5.41, 5.74) is 3.81. The van der Waals surface area contributed by atoms with Crippen LogP contribution in [0.5, 0.6) is 5.75 Å². The minimum Gasteiger partial charge on any atom is -0.492 e. The first-order chi connectivity index (χ1) is 10.7. The Morgan fingerprint density at radius 2 is 1.64 bits per heavy atom. The number of hydrogen-bond donors (Lipinski definition) is 0. The highest BCUT2D eigenvalue weighted by atomic mass is 16.5. The lowest BCUT2D eigenvalue weighted by Crippen LogP contribution is -2.28. The second-order valence-electron chi connectivity index (χ2n) is 5.60. The molecule has 0 unspecified atom stereocenters. The fraction of sp³-hybridized carbons (Fsp3) is 0.400. The van der Waals surface area contributed by atoms with E-state index in [-0.39, 0.29) is 0 Å². The number of ether oxygens (including phenoxy) is 1. The van der Waals surface area contributed by atoms with Crippen molar-refractivity contribution in [1.29, 1.82) is 0 Å². The Morgan fingerprint density at radius 1 is 0.909 bits per heavy atom. The topological polar surface area (TPSA) is 12.5 Å². The zero-order chi connectivity index (χ0) is 15.8. The van der Waals surface area contributed by atoms with E-state index >= 15 is 0 Å². The van der Waals surface area contributed by atoms with Crippen LogP contribution in [0.25, 0.3) is 0 Å². The van der Waals surface area contributed by atoms with E-state index < -0.39 is 0 Å². The maximum Gasteiger partial charge on any atom is 0.125 e. The van der Waals surface area contributed by atoms with Gasteiger partial charge in [-0.2, -0.15) is 0 Å². The summed E-state index contributed by atoms with van der Waals surface area (Å²) in [7, 11) is 0. The first-order valence-corrected chi connectivity index (χ1v) is 8.22. The van der Waals surface area contributed by atoms with Crippen molar-refractivity contribution in [1.82, 2.24) is 4.90 Å². The second kappa shape index (κ2) is 8.60. The van der Waals surface area contributed by atoms with E-state index in [4.69, 9.17) is 4.74 Å². The molecular formula is C20H27NO. The minimum atomic E-state index is 0.744. The predicted molar refractivity (Wildman–Crippen MR) is 93.7 cm³/mol. The van der Waals surface area contributed by atoms with Crippen molar-refractivity contribution in [3.63, 3.8) is 0 Å². The van der Waals surface area contributed by atoms with Gasteiger partial charge in [0.1, 0.15) is 12.4 Å². The van der Waals surface area contributed by atoms with Crippen LogP contribution in [0.4, 0.5) is 0 Å². The maximum absolute atomic E-state index is 6.13. The highest BCUT2D eigenvalue weighted by molar-refractivity contribution is 5.43. The number of rotatable bonds is 8. The molecule has 0 heterocycles. The van der Waals surface area contributed by atoms with Crippen LogP contribution in [0.1, 0.15) is 30.5 Å². The minimum absolute atomic E-state index is 0.744. The molecule has 0 amide bonds. The summed E-state index contributed by atoms with van der Waals surface area (Å²) in [5.74, 6) is 1.05. The lowest BCUT2D eigenvalue weighted by atomic mass is 10.0. The van der Waals surface area contributed by atoms with Crippen molar-refractivity contribution in [2.75, 3.05) is 26.2 Å². The first-order valence-electron chi connectivity index (χ1n) is 8.22. The average molecular weight is 297 g/mol. The molecule has 0 aromatic heterocycles. The molecule has 0 radical (unpaired) electrons. The van der Waals surface area contributed by atoms with Crippen molar-refractivity contribution in [3.8, 4) is 5.75 Å². The molecule has 0 aliphatic rings. The molecule has 0 saturated carbocycles. The Kier molecular flexibility index (Phi) is 6.47. The fourth-order valence-electron chi connectivity index (χ4n) is 2.69. The van der Waals surface area contributed by atoms with Crippen molar-refractivity contribution in [2.45, 2.75) is 27.2 Å². The zero-order valence-electron chi connectivity index (χ0n) is 14.0. The Labute approximate surface area is 134 Å². The fourth-order valence-corrected chi connectivity index (χ4v) is 2.69. The molecule has 118 valence electrons. The van der Waals surface area contributed by atoms with E-state index in [1.165, 1.54) is 16.7 Å². The molecule has 0 fully saturated rings. The van der Waals surface area contributed by atoms with Crippen LogP contribution in [0, 0.1) is 6.92 Å². The van der Waals surface area contributed by atoms with Crippen molar-refractivity contribution >= 4 is 0 Å². The number of nitrogens with zero attached hydrogens (tertiary/aromatic N) is 1. The molecule has 0 aliphatic heterocycles. The lowest BCUT2D eigenvalue weighted by Gasteiger charge is -2.20. The summed E-state index contributed by atoms with van der Waals surface area (Å²) in [6.07, 6.45) is 0.920. The smallest absolute Gasteiger partial charge is 0.125 e. The van der Waals surface area contributed by atoms with Crippen LogP contribution in [0.3, 0.4) is 0 Å². The van der Waals surface area contributed by atoms with E-state index in [0.29, 0.717) is 0 Å². The van der Waals surface area contributed by atoms with Crippen molar-refractivity contribution < 1.29 is 4.74 Å². The molecule has 0 spiro atoms. The number of benzene rings is 2. The van der Waals surface area contributed by atoms with Crippen LogP contribution in [0.15, 0.2) is 48.5 Å². The molecule has 2 nitrogen and oxygen atoms in total. The molecular weight excluding hydrogens is 270 g/mol. The van der Waals surface area contributed by atoms with Crippen LogP contribution in [0.2, 0.25) is 0 Å². The number of para-hydroxylation sites is 1. The number of hydrogen-bond acceptors (Lipinski definition) is 2. The number of likely N-dealkylation sites (N-methyl/N-ethyl adjacent to an activating group) is 1. The van der Waals surface area contributed by atoms with Crippen molar-refractivity contribution in [2.24, 2.45) is 0 Å². The quantitative estimate of drug-likeness (QED) is 0.720. The molecule has 0 aliphatic carbocycles. The van der Waals surface area contributed by atoms with Gasteiger partial charge in [-0.05, 0) is 36.7 Å². The standard InChI is InChI=1S/C20H27NO/c1-4-21(5-2)14-15-22-20-17(3)10-9-13-19(20)16-18-11-7-6-8-12-18/h6-13H,4-5,14-16H2,1-3H3. The van der Waals surface area contributed by atoms with Gasteiger partial charge in [0.15, 0.2) is 0 Å². The van der Waals surface area contributed by atoms with Gasteiger partial charge >= 0.3 is 0 Å². The van der Waals surface area contributed by atoms with Gasteiger partial charge in [-0.3, -0.25) is 0 Å². The number of aryl methyl sites for hydroxylation is 1. The van der Waals surface area contributed by atoms with Gasteiger partial charge < -0.3 is 9.64 Å². The van der Waals surface area contributed by atoms with Crippen LogP contribution < -0.4 is 4.74 Å². The summed E-state index contributed by atoms with van der Waals surface area (Å²) in [6, 6.07) is 17.0. The molecule has 0 atom stereocenters. The third-order valence-electron chi connectivity index (χ3n) is 4.08. The molecule has 0 saturated heterocycles. The predicted octanol–water partition coefficient (Wildman–Crippen LogP) is 4.31. The Bertz CT molecular complexity index is 561. The van der Waals surface area contributed by atoms with E-state index in [0.717, 1.165) is 38.4 Å². The van der Waals surface area contributed by atoms with Gasteiger partial charge in [-0.25, -0.2) is 0 Å². The summed E-state index contributed by atoms with van der Waals surface area (Å²) >= 11 is 0. The summed E-state index contributed by atoms with van der Waals surface area (Å²) in [6.45, 7) is 10.4. The van der Waals surface area contributed by atoms with E-state index in [9.17, 15) is 0 Å². The largest absolute Gasteiger partial charge is 0.492 e.